The Morgan fingerprint density at radius 3 is 2.68 bits per heavy atom. The van der Waals surface area contributed by atoms with E-state index in [2.05, 4.69) is 10.3 Å². The number of para-hydroxylation sites is 2. The fourth-order valence-corrected chi connectivity index (χ4v) is 3.13. The largest absolute Gasteiger partial charge is 0.484 e. The van der Waals surface area contributed by atoms with Crippen molar-refractivity contribution in [1.82, 2.24) is 14.9 Å². The van der Waals surface area contributed by atoms with Crippen molar-refractivity contribution in [2.24, 2.45) is 0 Å². The van der Waals surface area contributed by atoms with Crippen molar-refractivity contribution in [1.29, 1.82) is 0 Å². The minimum absolute atomic E-state index is 0.137. The number of hydrogen-bond acceptors (Lipinski definition) is 3. The predicted molar refractivity (Wildman–Crippen MR) is 104 cm³/mol. The van der Waals surface area contributed by atoms with Crippen LogP contribution in [0, 0.1) is 13.8 Å². The number of carbonyl (C=O) groups excluding carboxylic acids is 1. The second-order valence-corrected chi connectivity index (χ2v) is 6.87. The highest BCUT2D eigenvalue weighted by Crippen LogP contribution is 2.27. The van der Waals surface area contributed by atoms with E-state index in [-0.39, 0.29) is 30.8 Å². The zero-order valence-corrected chi connectivity index (χ0v) is 16.1. The number of halogens is 2. The lowest BCUT2D eigenvalue weighted by Gasteiger charge is -2.15. The summed E-state index contributed by atoms with van der Waals surface area (Å²) in [6.45, 7) is 3.00. The summed E-state index contributed by atoms with van der Waals surface area (Å²) < 4.78 is 33.5. The van der Waals surface area contributed by atoms with Crippen LogP contribution in [0.15, 0.2) is 42.5 Å². The number of rotatable bonds is 7. The van der Waals surface area contributed by atoms with E-state index in [4.69, 9.17) is 4.74 Å². The Kier molecular flexibility index (Phi) is 5.92. The van der Waals surface area contributed by atoms with Crippen LogP contribution in [0.25, 0.3) is 11.0 Å². The lowest BCUT2D eigenvalue weighted by Crippen LogP contribution is -2.32. The zero-order valence-electron chi connectivity index (χ0n) is 16.1. The molecule has 0 aliphatic carbocycles. The van der Waals surface area contributed by atoms with Gasteiger partial charge in [-0.3, -0.25) is 9.36 Å². The maximum Gasteiger partial charge on any atom is 0.320 e. The molecule has 1 atom stereocenters. The first-order valence-corrected chi connectivity index (χ1v) is 9.08. The van der Waals surface area contributed by atoms with Crippen LogP contribution in [0.5, 0.6) is 5.75 Å². The van der Waals surface area contributed by atoms with E-state index < -0.39 is 6.55 Å². The Labute approximate surface area is 162 Å². The molecule has 2 aromatic carbocycles. The third kappa shape index (κ3) is 4.30. The minimum Gasteiger partial charge on any atom is -0.484 e. The minimum atomic E-state index is -2.70. The van der Waals surface area contributed by atoms with Gasteiger partial charge in [0, 0.05) is 12.5 Å². The molecule has 3 aromatic rings. The number of nitrogens with one attached hydrogen (secondary N) is 1. The number of nitrogens with zero attached hydrogens (tertiary/aromatic N) is 2. The van der Waals surface area contributed by atoms with Crippen LogP contribution in [0.3, 0.4) is 0 Å². The van der Waals surface area contributed by atoms with Crippen LogP contribution >= 0.6 is 0 Å². The van der Waals surface area contributed by atoms with Gasteiger partial charge in [0.2, 0.25) is 0 Å². The second-order valence-electron chi connectivity index (χ2n) is 6.87. The topological polar surface area (TPSA) is 56.1 Å². The lowest BCUT2D eigenvalue weighted by molar-refractivity contribution is -0.123. The summed E-state index contributed by atoms with van der Waals surface area (Å²) >= 11 is 0. The number of carbonyl (C=O) groups is 1. The molecule has 0 saturated carbocycles. The Hall–Kier alpha value is -2.96. The van der Waals surface area contributed by atoms with Gasteiger partial charge in [-0.2, -0.15) is 8.78 Å². The molecule has 7 heteroatoms. The van der Waals surface area contributed by atoms with E-state index in [9.17, 15) is 13.6 Å². The smallest absolute Gasteiger partial charge is 0.320 e. The van der Waals surface area contributed by atoms with Gasteiger partial charge < -0.3 is 10.1 Å². The van der Waals surface area contributed by atoms with Gasteiger partial charge in [0.25, 0.3) is 5.91 Å². The maximum absolute atomic E-state index is 13.5. The molecule has 3 rings (SSSR count). The fourth-order valence-electron chi connectivity index (χ4n) is 3.13. The summed E-state index contributed by atoms with van der Waals surface area (Å²) in [6.07, 6.45) is 0. The molecular formula is C21H23F2N3O2. The quantitative estimate of drug-likeness (QED) is 0.656. The number of imidazole rings is 1. The Morgan fingerprint density at radius 2 is 1.96 bits per heavy atom. The third-order valence-electron chi connectivity index (χ3n) is 4.55. The normalized spacial score (nSPS) is 12.4. The molecule has 0 unspecified atom stereocenters. The van der Waals surface area contributed by atoms with Gasteiger partial charge in [-0.25, -0.2) is 4.98 Å². The van der Waals surface area contributed by atoms with E-state index in [0.29, 0.717) is 16.8 Å². The zero-order chi connectivity index (χ0) is 20.3. The number of ether oxygens (including phenoxy) is 1. The van der Waals surface area contributed by atoms with Crippen molar-refractivity contribution in [3.63, 3.8) is 0 Å². The molecule has 0 saturated heterocycles. The highest BCUT2D eigenvalue weighted by Gasteiger charge is 2.22. The van der Waals surface area contributed by atoms with E-state index in [0.717, 1.165) is 15.7 Å². The van der Waals surface area contributed by atoms with Crippen molar-refractivity contribution in [2.45, 2.75) is 33.2 Å². The van der Waals surface area contributed by atoms with Gasteiger partial charge >= 0.3 is 6.55 Å². The van der Waals surface area contributed by atoms with Gasteiger partial charge in [0.05, 0.1) is 11.0 Å². The number of benzene rings is 2. The first-order chi connectivity index (χ1) is 13.4. The highest BCUT2D eigenvalue weighted by atomic mass is 19.3. The number of aryl methyl sites for hydroxylation is 2. The summed E-state index contributed by atoms with van der Waals surface area (Å²) in [6, 6.07) is 12.5. The molecule has 1 N–H and O–H groups in total. The molecule has 28 heavy (non-hydrogen) atoms. The van der Waals surface area contributed by atoms with Crippen LogP contribution in [0.2, 0.25) is 0 Å². The van der Waals surface area contributed by atoms with Gasteiger partial charge in [0.15, 0.2) is 6.61 Å². The van der Waals surface area contributed by atoms with Crippen molar-refractivity contribution >= 4 is 16.9 Å². The van der Waals surface area contributed by atoms with Crippen molar-refractivity contribution in [3.8, 4) is 5.75 Å². The molecule has 1 amide bonds. The van der Waals surface area contributed by atoms with Gasteiger partial charge in [-0.1, -0.05) is 36.8 Å². The maximum atomic E-state index is 13.5. The predicted octanol–water partition coefficient (Wildman–Crippen LogP) is 4.35. The Morgan fingerprint density at radius 1 is 1.21 bits per heavy atom. The van der Waals surface area contributed by atoms with Crippen molar-refractivity contribution < 1.29 is 18.3 Å². The molecule has 0 aliphatic heterocycles. The van der Waals surface area contributed by atoms with Crippen LogP contribution in [0.4, 0.5) is 8.78 Å². The van der Waals surface area contributed by atoms with E-state index in [1.54, 1.807) is 31.2 Å². The van der Waals surface area contributed by atoms with Crippen LogP contribution < -0.4 is 10.1 Å². The number of alkyl halides is 2. The van der Waals surface area contributed by atoms with Gasteiger partial charge in [0.1, 0.15) is 11.6 Å². The highest BCUT2D eigenvalue weighted by molar-refractivity contribution is 5.78. The summed E-state index contributed by atoms with van der Waals surface area (Å²) in [5.74, 6) is 0.193. The number of hydrogen-bond donors (Lipinski definition) is 1. The van der Waals surface area contributed by atoms with E-state index in [1.165, 1.54) is 0 Å². The number of amides is 1. The molecule has 1 aromatic heterocycles. The van der Waals surface area contributed by atoms with Crippen molar-refractivity contribution in [3.05, 3.63) is 59.4 Å². The molecule has 5 nitrogen and oxygen atoms in total. The molecule has 0 fully saturated rings. The second kappa shape index (κ2) is 8.37. The van der Waals surface area contributed by atoms with Crippen LogP contribution in [-0.4, -0.2) is 28.6 Å². The molecule has 0 aliphatic rings. The average Bonchev–Trinajstić information content (AvgIpc) is 3.05. The monoisotopic (exact) mass is 387 g/mol. The number of aromatic nitrogens is 2. The fraction of sp³-hybridized carbons (Fsp3) is 0.333. The van der Waals surface area contributed by atoms with E-state index >= 15 is 0 Å². The summed E-state index contributed by atoms with van der Waals surface area (Å²) in [4.78, 5) is 16.4. The van der Waals surface area contributed by atoms with Crippen LogP contribution in [0.1, 0.15) is 36.3 Å². The summed E-state index contributed by atoms with van der Waals surface area (Å²) in [7, 11) is 0. The third-order valence-corrected chi connectivity index (χ3v) is 4.55. The first-order valence-electron chi connectivity index (χ1n) is 9.08. The lowest BCUT2D eigenvalue weighted by atomic mass is 10.1. The molecule has 0 bridgehead atoms. The molecule has 148 valence electrons. The number of fused-ring (bicyclic) bond motifs is 1. The van der Waals surface area contributed by atoms with Crippen molar-refractivity contribution in [2.75, 3.05) is 13.2 Å². The molecule has 1 heterocycles. The molecular weight excluding hydrogens is 364 g/mol. The summed E-state index contributed by atoms with van der Waals surface area (Å²) in [5.41, 5.74) is 2.95. The van der Waals surface area contributed by atoms with Crippen LogP contribution in [-0.2, 0) is 4.79 Å². The average molecular weight is 387 g/mol. The Bertz CT molecular complexity index is 985. The SMILES string of the molecule is Cc1ccc(OCC(=O)NC[C@H](C)c2nc3ccccc3n2C(F)F)c(C)c1. The molecule has 0 radical (unpaired) electrons. The first kappa shape index (κ1) is 19.8. The van der Waals surface area contributed by atoms with E-state index in [1.807, 2.05) is 32.0 Å². The Balaban J connectivity index is 1.62. The van der Waals surface area contributed by atoms with Gasteiger partial charge in [-0.15, -0.1) is 0 Å². The molecule has 0 spiro atoms. The standard InChI is InChI=1S/C21H23F2N3O2/c1-13-8-9-18(14(2)10-13)28-12-19(27)24-11-15(3)20-25-16-6-4-5-7-17(16)26(20)21(22)23/h4-10,15,21H,11-12H2,1-3H3,(H,24,27)/t15-/m0/s1. The van der Waals surface area contributed by atoms with Gasteiger partial charge in [-0.05, 0) is 37.6 Å². The summed E-state index contributed by atoms with van der Waals surface area (Å²) in [5, 5.41) is 2.73.